The minimum atomic E-state index is -0.0415. The summed E-state index contributed by atoms with van der Waals surface area (Å²) in [6.45, 7) is 0.567. The standard InChI is InChI=1S/C19H27N3O2.ClH/c20-13-19(9-2-1-3-10-19)12-17(23)21-15-5-4-6-16(11-15)22-18(24)14-7-8-14;/h4-6,11,14H,1-3,7-10,12-13,20H2,(H,21,23)(H,22,24);1H. The fourth-order valence-electron chi connectivity index (χ4n) is 3.57. The molecule has 0 heterocycles. The summed E-state index contributed by atoms with van der Waals surface area (Å²) in [5.74, 6) is 0.245. The molecular weight excluding hydrogens is 338 g/mol. The fourth-order valence-corrected chi connectivity index (χ4v) is 3.57. The molecule has 1 aromatic rings. The maximum absolute atomic E-state index is 12.4. The van der Waals surface area contributed by atoms with Gasteiger partial charge in [0.15, 0.2) is 0 Å². The van der Waals surface area contributed by atoms with Crippen molar-refractivity contribution in [3.8, 4) is 0 Å². The van der Waals surface area contributed by atoms with Crippen LogP contribution in [0, 0.1) is 11.3 Å². The van der Waals surface area contributed by atoms with Crippen LogP contribution in [0.2, 0.25) is 0 Å². The summed E-state index contributed by atoms with van der Waals surface area (Å²) in [5.41, 5.74) is 7.38. The Bertz CT molecular complexity index is 610. The van der Waals surface area contributed by atoms with Crippen LogP contribution in [0.3, 0.4) is 0 Å². The van der Waals surface area contributed by atoms with E-state index in [-0.39, 0.29) is 35.6 Å². The lowest BCUT2D eigenvalue weighted by molar-refractivity contribution is -0.119. The number of amides is 2. The van der Waals surface area contributed by atoms with Gasteiger partial charge in [0.1, 0.15) is 0 Å². The van der Waals surface area contributed by atoms with Crippen LogP contribution in [-0.2, 0) is 9.59 Å². The summed E-state index contributed by atoms with van der Waals surface area (Å²) < 4.78 is 0. The zero-order valence-corrected chi connectivity index (χ0v) is 15.4. The maximum atomic E-state index is 12.4. The Balaban J connectivity index is 0.00000225. The molecular formula is C19H28ClN3O2. The lowest BCUT2D eigenvalue weighted by Gasteiger charge is -2.35. The second-order valence-electron chi connectivity index (χ2n) is 7.33. The molecule has 2 saturated carbocycles. The van der Waals surface area contributed by atoms with E-state index < -0.39 is 0 Å². The molecule has 6 heteroatoms. The summed E-state index contributed by atoms with van der Waals surface area (Å²) in [6, 6.07) is 7.35. The molecule has 2 aliphatic carbocycles. The van der Waals surface area contributed by atoms with Crippen molar-refractivity contribution < 1.29 is 9.59 Å². The summed E-state index contributed by atoms with van der Waals surface area (Å²) in [5, 5.41) is 5.87. The first-order valence-corrected chi connectivity index (χ1v) is 9.01. The van der Waals surface area contributed by atoms with Crippen molar-refractivity contribution in [3.05, 3.63) is 24.3 Å². The van der Waals surface area contributed by atoms with E-state index in [1.54, 1.807) is 0 Å². The first-order valence-electron chi connectivity index (χ1n) is 9.01. The van der Waals surface area contributed by atoms with Crippen LogP contribution in [0.4, 0.5) is 11.4 Å². The van der Waals surface area contributed by atoms with Crippen LogP contribution < -0.4 is 16.4 Å². The van der Waals surface area contributed by atoms with Crippen LogP contribution in [0.5, 0.6) is 0 Å². The van der Waals surface area contributed by atoms with E-state index in [2.05, 4.69) is 10.6 Å². The molecule has 138 valence electrons. The number of hydrogen-bond acceptors (Lipinski definition) is 3. The average molecular weight is 366 g/mol. The second kappa shape index (κ2) is 8.68. The smallest absolute Gasteiger partial charge is 0.227 e. The van der Waals surface area contributed by atoms with Gasteiger partial charge in [-0.1, -0.05) is 25.3 Å². The van der Waals surface area contributed by atoms with E-state index in [0.717, 1.165) is 49.9 Å². The van der Waals surface area contributed by atoms with Crippen LogP contribution in [0.25, 0.3) is 0 Å². The van der Waals surface area contributed by atoms with Crippen LogP contribution in [0.1, 0.15) is 51.4 Å². The molecule has 0 spiro atoms. The monoisotopic (exact) mass is 365 g/mol. The molecule has 4 N–H and O–H groups in total. The number of nitrogens with two attached hydrogens (primary N) is 1. The number of carbonyl (C=O) groups is 2. The summed E-state index contributed by atoms with van der Waals surface area (Å²) in [7, 11) is 0. The van der Waals surface area contributed by atoms with Gasteiger partial charge in [0.2, 0.25) is 11.8 Å². The topological polar surface area (TPSA) is 84.2 Å². The first kappa shape index (κ1) is 19.7. The van der Waals surface area contributed by atoms with Crippen LogP contribution in [0.15, 0.2) is 24.3 Å². The number of halogens is 1. The number of rotatable bonds is 6. The maximum Gasteiger partial charge on any atom is 0.227 e. The van der Waals surface area contributed by atoms with Gasteiger partial charge in [-0.3, -0.25) is 9.59 Å². The lowest BCUT2D eigenvalue weighted by Crippen LogP contribution is -2.36. The molecule has 3 rings (SSSR count). The normalized spacial score (nSPS) is 18.8. The predicted molar refractivity (Wildman–Crippen MR) is 103 cm³/mol. The highest BCUT2D eigenvalue weighted by molar-refractivity contribution is 5.96. The van der Waals surface area contributed by atoms with Gasteiger partial charge in [0, 0.05) is 23.7 Å². The number of nitrogens with one attached hydrogen (secondary N) is 2. The summed E-state index contributed by atoms with van der Waals surface area (Å²) >= 11 is 0. The van der Waals surface area contributed by atoms with Gasteiger partial charge in [-0.2, -0.15) is 0 Å². The molecule has 0 aromatic heterocycles. The summed E-state index contributed by atoms with van der Waals surface area (Å²) in [4.78, 5) is 24.3. The number of hydrogen-bond donors (Lipinski definition) is 3. The first-order chi connectivity index (χ1) is 11.6. The zero-order valence-electron chi connectivity index (χ0n) is 14.6. The van der Waals surface area contributed by atoms with E-state index in [0.29, 0.717) is 13.0 Å². The Morgan fingerprint density at radius 1 is 1.08 bits per heavy atom. The van der Waals surface area contributed by atoms with Crippen molar-refractivity contribution in [1.29, 1.82) is 0 Å². The molecule has 2 aliphatic rings. The Kier molecular flexibility index (Phi) is 6.85. The van der Waals surface area contributed by atoms with E-state index in [9.17, 15) is 9.59 Å². The lowest BCUT2D eigenvalue weighted by atomic mass is 9.71. The van der Waals surface area contributed by atoms with Gasteiger partial charge in [0.05, 0.1) is 0 Å². The third kappa shape index (κ3) is 5.44. The van der Waals surface area contributed by atoms with Gasteiger partial charge in [0.25, 0.3) is 0 Å². The second-order valence-corrected chi connectivity index (χ2v) is 7.33. The van der Waals surface area contributed by atoms with Crippen molar-refractivity contribution in [3.63, 3.8) is 0 Å². The zero-order chi connectivity index (χ0) is 17.0. The minimum absolute atomic E-state index is 0. The van der Waals surface area contributed by atoms with Crippen molar-refractivity contribution in [1.82, 2.24) is 0 Å². The average Bonchev–Trinajstić information content (AvgIpc) is 3.41. The predicted octanol–water partition coefficient (Wildman–Crippen LogP) is 3.69. The Morgan fingerprint density at radius 3 is 2.32 bits per heavy atom. The van der Waals surface area contributed by atoms with E-state index >= 15 is 0 Å². The highest BCUT2D eigenvalue weighted by Crippen LogP contribution is 2.38. The molecule has 5 nitrogen and oxygen atoms in total. The van der Waals surface area contributed by atoms with Gasteiger partial charge >= 0.3 is 0 Å². The molecule has 2 fully saturated rings. The fraction of sp³-hybridized carbons (Fsp3) is 0.579. The van der Waals surface area contributed by atoms with Gasteiger partial charge in [-0.15, -0.1) is 12.4 Å². The Hall–Kier alpha value is -1.59. The van der Waals surface area contributed by atoms with Crippen LogP contribution >= 0.6 is 12.4 Å². The van der Waals surface area contributed by atoms with E-state index in [4.69, 9.17) is 5.73 Å². The molecule has 0 saturated heterocycles. The third-order valence-corrected chi connectivity index (χ3v) is 5.24. The number of anilines is 2. The molecule has 0 radical (unpaired) electrons. The minimum Gasteiger partial charge on any atom is -0.330 e. The number of benzene rings is 1. The van der Waals surface area contributed by atoms with Crippen LogP contribution in [-0.4, -0.2) is 18.4 Å². The molecule has 0 unspecified atom stereocenters. The highest BCUT2D eigenvalue weighted by atomic mass is 35.5. The van der Waals surface area contributed by atoms with Crippen molar-refractivity contribution >= 4 is 35.6 Å². The number of carbonyl (C=O) groups excluding carboxylic acids is 2. The largest absolute Gasteiger partial charge is 0.330 e. The third-order valence-electron chi connectivity index (χ3n) is 5.24. The molecule has 0 aliphatic heterocycles. The molecule has 1 aromatic carbocycles. The molecule has 0 atom stereocenters. The SMILES string of the molecule is Cl.NCC1(CC(=O)Nc2cccc(NC(=O)C3CC3)c2)CCCCC1. The van der Waals surface area contributed by atoms with Crippen molar-refractivity contribution in [2.24, 2.45) is 17.1 Å². The van der Waals surface area contributed by atoms with Gasteiger partial charge in [-0.05, 0) is 55.8 Å². The van der Waals surface area contributed by atoms with Gasteiger partial charge < -0.3 is 16.4 Å². The molecule has 0 bridgehead atoms. The quantitative estimate of drug-likeness (QED) is 0.718. The van der Waals surface area contributed by atoms with E-state index in [1.807, 2.05) is 24.3 Å². The van der Waals surface area contributed by atoms with Gasteiger partial charge in [-0.25, -0.2) is 0 Å². The highest BCUT2D eigenvalue weighted by Gasteiger charge is 2.33. The summed E-state index contributed by atoms with van der Waals surface area (Å²) in [6.07, 6.45) is 8.06. The Morgan fingerprint density at radius 2 is 1.72 bits per heavy atom. The van der Waals surface area contributed by atoms with Crippen molar-refractivity contribution in [2.75, 3.05) is 17.2 Å². The molecule has 2 amide bonds. The Labute approximate surface area is 155 Å². The van der Waals surface area contributed by atoms with E-state index in [1.165, 1.54) is 6.42 Å². The van der Waals surface area contributed by atoms with Crippen molar-refractivity contribution in [2.45, 2.75) is 51.4 Å². The molecule has 25 heavy (non-hydrogen) atoms.